The van der Waals surface area contributed by atoms with Gasteiger partial charge in [-0.05, 0) is 36.8 Å². The Bertz CT molecular complexity index is 1180. The number of nitro groups is 1. The summed E-state index contributed by atoms with van der Waals surface area (Å²) in [6.07, 6.45) is 1.63. The lowest BCUT2D eigenvalue weighted by atomic mass is 10.1. The Morgan fingerprint density at radius 1 is 1.14 bits per heavy atom. The van der Waals surface area contributed by atoms with Crippen LogP contribution in [0.25, 0.3) is 17.4 Å². The normalized spacial score (nSPS) is 15.3. The average Bonchev–Trinajstić information content (AvgIpc) is 3.26. The third-order valence-corrected chi connectivity index (χ3v) is 5.60. The van der Waals surface area contributed by atoms with E-state index < -0.39 is 4.92 Å². The molecule has 1 fully saturated rings. The zero-order valence-corrected chi connectivity index (χ0v) is 16.8. The Kier molecular flexibility index (Phi) is 5.04. The lowest BCUT2D eigenvalue weighted by Crippen LogP contribution is -2.27. The molecule has 2 heterocycles. The van der Waals surface area contributed by atoms with E-state index in [0.717, 1.165) is 11.3 Å². The second-order valence-corrected chi connectivity index (χ2v) is 8.04. The minimum Gasteiger partial charge on any atom is -0.457 e. The van der Waals surface area contributed by atoms with Crippen LogP contribution in [0.15, 0.2) is 70.0 Å². The molecule has 6 nitrogen and oxygen atoms in total. The molecule has 0 N–H and O–H groups in total. The SMILES string of the molecule is Cc1cccc(N2C(=O)C(=Cc3ccc(-c4cccc([N+](=O)[O-])c4)o3)SC2=S)c1. The zero-order valence-electron chi connectivity index (χ0n) is 15.2. The van der Waals surface area contributed by atoms with Gasteiger partial charge >= 0.3 is 0 Å². The minimum atomic E-state index is -0.454. The van der Waals surface area contributed by atoms with E-state index in [-0.39, 0.29) is 11.6 Å². The lowest BCUT2D eigenvalue weighted by Gasteiger charge is -2.14. The fourth-order valence-electron chi connectivity index (χ4n) is 2.94. The maximum Gasteiger partial charge on any atom is 0.270 e. The molecule has 0 unspecified atom stereocenters. The first-order valence-electron chi connectivity index (χ1n) is 8.62. The maximum atomic E-state index is 12.9. The van der Waals surface area contributed by atoms with Gasteiger partial charge in [-0.15, -0.1) is 0 Å². The van der Waals surface area contributed by atoms with Crippen molar-refractivity contribution in [3.05, 3.63) is 87.0 Å². The first-order chi connectivity index (χ1) is 13.9. The van der Waals surface area contributed by atoms with Gasteiger partial charge in [0.1, 0.15) is 11.5 Å². The van der Waals surface area contributed by atoms with Crippen LogP contribution in [0.1, 0.15) is 11.3 Å². The standard InChI is InChI=1S/C21H14N2O4S2/c1-13-4-2-6-15(10-13)22-20(24)19(29-21(22)28)12-17-8-9-18(27-17)14-5-3-7-16(11-14)23(25)26/h2-12H,1H3. The fraction of sp³-hybridized carbons (Fsp3) is 0.0476. The molecule has 0 aliphatic carbocycles. The number of non-ortho nitro benzene ring substituents is 1. The van der Waals surface area contributed by atoms with Crippen LogP contribution in [-0.4, -0.2) is 15.2 Å². The van der Waals surface area contributed by atoms with Gasteiger partial charge in [-0.2, -0.15) is 0 Å². The Morgan fingerprint density at radius 3 is 2.69 bits per heavy atom. The second-order valence-electron chi connectivity index (χ2n) is 6.37. The van der Waals surface area contributed by atoms with E-state index in [1.54, 1.807) is 30.3 Å². The molecule has 1 aliphatic rings. The average molecular weight is 422 g/mol. The molecule has 0 atom stereocenters. The van der Waals surface area contributed by atoms with Crippen molar-refractivity contribution in [3.63, 3.8) is 0 Å². The number of furan rings is 1. The summed E-state index contributed by atoms with van der Waals surface area (Å²) < 4.78 is 6.24. The molecular formula is C21H14N2O4S2. The summed E-state index contributed by atoms with van der Waals surface area (Å²) in [4.78, 5) is 25.3. The van der Waals surface area contributed by atoms with Gasteiger partial charge in [0.25, 0.3) is 11.6 Å². The van der Waals surface area contributed by atoms with E-state index in [9.17, 15) is 14.9 Å². The molecule has 1 saturated heterocycles. The van der Waals surface area contributed by atoms with Gasteiger partial charge < -0.3 is 4.42 Å². The van der Waals surface area contributed by atoms with Gasteiger partial charge in [0.2, 0.25) is 0 Å². The predicted molar refractivity (Wildman–Crippen MR) is 118 cm³/mol. The molecule has 1 aromatic heterocycles. The monoisotopic (exact) mass is 422 g/mol. The van der Waals surface area contributed by atoms with Crippen molar-refractivity contribution in [1.29, 1.82) is 0 Å². The molecule has 2 aromatic carbocycles. The van der Waals surface area contributed by atoms with Gasteiger partial charge in [-0.3, -0.25) is 19.8 Å². The smallest absolute Gasteiger partial charge is 0.270 e. The Balaban J connectivity index is 1.61. The number of carbonyl (C=O) groups is 1. The Hall–Kier alpha value is -3.23. The van der Waals surface area contributed by atoms with Crippen LogP contribution >= 0.6 is 24.0 Å². The number of nitrogens with zero attached hydrogens (tertiary/aromatic N) is 2. The molecule has 4 rings (SSSR count). The lowest BCUT2D eigenvalue weighted by molar-refractivity contribution is -0.384. The minimum absolute atomic E-state index is 0.0144. The molecule has 8 heteroatoms. The number of carbonyl (C=O) groups excluding carboxylic acids is 1. The number of benzene rings is 2. The van der Waals surface area contributed by atoms with Crippen LogP contribution in [0.2, 0.25) is 0 Å². The van der Waals surface area contributed by atoms with Gasteiger partial charge in [-0.1, -0.05) is 48.2 Å². The van der Waals surface area contributed by atoms with Crippen molar-refractivity contribution < 1.29 is 14.1 Å². The molecule has 0 spiro atoms. The summed E-state index contributed by atoms with van der Waals surface area (Å²) in [5, 5.41) is 11.0. The van der Waals surface area contributed by atoms with Crippen molar-refractivity contribution in [3.8, 4) is 11.3 Å². The number of thiocarbonyl (C=S) groups is 1. The molecule has 3 aromatic rings. The van der Waals surface area contributed by atoms with E-state index in [0.29, 0.717) is 26.3 Å². The predicted octanol–water partition coefficient (Wildman–Crippen LogP) is 5.57. The van der Waals surface area contributed by atoms with Crippen LogP contribution in [0.4, 0.5) is 11.4 Å². The van der Waals surface area contributed by atoms with E-state index in [4.69, 9.17) is 16.6 Å². The van der Waals surface area contributed by atoms with Gasteiger partial charge in [0, 0.05) is 23.8 Å². The summed E-state index contributed by atoms with van der Waals surface area (Å²) in [6.45, 7) is 1.95. The van der Waals surface area contributed by atoms with Crippen LogP contribution in [0.3, 0.4) is 0 Å². The third kappa shape index (κ3) is 3.85. The van der Waals surface area contributed by atoms with Gasteiger partial charge in [0.05, 0.1) is 15.5 Å². The summed E-state index contributed by atoms with van der Waals surface area (Å²) in [7, 11) is 0. The number of amides is 1. The van der Waals surface area contributed by atoms with E-state index >= 15 is 0 Å². The summed E-state index contributed by atoms with van der Waals surface area (Å²) in [5.41, 5.74) is 2.34. The molecule has 1 aliphatic heterocycles. The molecule has 0 bridgehead atoms. The first kappa shape index (κ1) is 19.1. The topological polar surface area (TPSA) is 76.6 Å². The van der Waals surface area contributed by atoms with Crippen molar-refractivity contribution in [2.45, 2.75) is 6.92 Å². The summed E-state index contributed by atoms with van der Waals surface area (Å²) in [5.74, 6) is 0.740. The maximum absolute atomic E-state index is 12.9. The van der Waals surface area contributed by atoms with E-state index in [1.165, 1.54) is 28.8 Å². The van der Waals surface area contributed by atoms with Gasteiger partial charge in [0.15, 0.2) is 4.32 Å². The molecule has 1 amide bonds. The van der Waals surface area contributed by atoms with Crippen LogP contribution in [0.5, 0.6) is 0 Å². The van der Waals surface area contributed by atoms with Gasteiger partial charge in [-0.25, -0.2) is 0 Å². The fourth-order valence-corrected chi connectivity index (χ4v) is 4.22. The number of hydrogen-bond donors (Lipinski definition) is 0. The zero-order chi connectivity index (χ0) is 20.5. The van der Waals surface area contributed by atoms with Crippen molar-refractivity contribution >= 4 is 51.7 Å². The summed E-state index contributed by atoms with van der Waals surface area (Å²) >= 11 is 6.60. The Morgan fingerprint density at radius 2 is 1.93 bits per heavy atom. The number of aryl methyl sites for hydroxylation is 1. The summed E-state index contributed by atoms with van der Waals surface area (Å²) in [6, 6.07) is 17.2. The number of hydrogen-bond acceptors (Lipinski definition) is 6. The number of rotatable bonds is 4. The highest BCUT2D eigenvalue weighted by atomic mass is 32.2. The third-order valence-electron chi connectivity index (χ3n) is 4.30. The highest BCUT2D eigenvalue weighted by molar-refractivity contribution is 8.27. The Labute approximate surface area is 176 Å². The van der Waals surface area contributed by atoms with Crippen molar-refractivity contribution in [1.82, 2.24) is 0 Å². The van der Waals surface area contributed by atoms with Crippen LogP contribution in [0, 0.1) is 17.0 Å². The van der Waals surface area contributed by atoms with Crippen molar-refractivity contribution in [2.24, 2.45) is 0 Å². The number of thioether (sulfide) groups is 1. The highest BCUT2D eigenvalue weighted by Gasteiger charge is 2.33. The van der Waals surface area contributed by atoms with E-state index in [2.05, 4.69) is 0 Å². The second kappa shape index (κ2) is 7.65. The molecule has 0 radical (unpaired) electrons. The number of nitro benzene ring substituents is 1. The largest absolute Gasteiger partial charge is 0.457 e. The van der Waals surface area contributed by atoms with Crippen LogP contribution < -0.4 is 4.90 Å². The molecule has 29 heavy (non-hydrogen) atoms. The first-order valence-corrected chi connectivity index (χ1v) is 9.84. The van der Waals surface area contributed by atoms with Crippen molar-refractivity contribution in [2.75, 3.05) is 4.90 Å². The molecule has 144 valence electrons. The quantitative estimate of drug-likeness (QED) is 0.237. The molecular weight excluding hydrogens is 408 g/mol. The molecule has 0 saturated carbocycles. The number of anilines is 1. The highest BCUT2D eigenvalue weighted by Crippen LogP contribution is 2.37. The van der Waals surface area contributed by atoms with Crippen LogP contribution in [-0.2, 0) is 4.79 Å². The van der Waals surface area contributed by atoms with E-state index in [1.807, 2.05) is 31.2 Å².